The molecule has 0 heterocycles. The van der Waals surface area contributed by atoms with Crippen molar-refractivity contribution < 1.29 is 4.74 Å². The van der Waals surface area contributed by atoms with Crippen LogP contribution in [0.15, 0.2) is 29.3 Å². The number of aliphatic imine (C=N–C) groups is 1. The number of guanidine groups is 1. The Morgan fingerprint density at radius 1 is 1.47 bits per heavy atom. The summed E-state index contributed by atoms with van der Waals surface area (Å²) in [5, 5.41) is 0. The Morgan fingerprint density at radius 3 is 2.84 bits per heavy atom. The summed E-state index contributed by atoms with van der Waals surface area (Å²) >= 11 is 0. The Kier molecular flexibility index (Phi) is 6.41. The third kappa shape index (κ3) is 4.89. The third-order valence-corrected chi connectivity index (χ3v) is 3.26. The Bertz CT molecular complexity index is 432. The van der Waals surface area contributed by atoms with Crippen molar-refractivity contribution >= 4 is 29.9 Å². The SMILES string of the molecule is COc1cccc(CCN=C(N)N(C)C2CC2)c1.I. The molecule has 0 unspecified atom stereocenters. The molecule has 1 saturated carbocycles. The molecule has 0 radical (unpaired) electrons. The van der Waals surface area contributed by atoms with Crippen LogP contribution in [0, 0.1) is 0 Å². The minimum Gasteiger partial charge on any atom is -0.497 e. The molecule has 106 valence electrons. The first-order valence-electron chi connectivity index (χ1n) is 6.36. The Morgan fingerprint density at radius 2 is 2.21 bits per heavy atom. The number of nitrogens with zero attached hydrogens (tertiary/aromatic N) is 2. The minimum absolute atomic E-state index is 0. The van der Waals surface area contributed by atoms with Crippen molar-refractivity contribution in [3.8, 4) is 5.75 Å². The van der Waals surface area contributed by atoms with Gasteiger partial charge in [0.25, 0.3) is 0 Å². The van der Waals surface area contributed by atoms with Crippen molar-refractivity contribution in [2.24, 2.45) is 10.7 Å². The molecule has 1 aromatic rings. The van der Waals surface area contributed by atoms with Crippen LogP contribution in [0.3, 0.4) is 0 Å². The largest absolute Gasteiger partial charge is 0.497 e. The lowest BCUT2D eigenvalue weighted by molar-refractivity contribution is 0.414. The normalized spacial score (nSPS) is 14.7. The van der Waals surface area contributed by atoms with Crippen molar-refractivity contribution in [2.75, 3.05) is 20.7 Å². The fourth-order valence-electron chi connectivity index (χ4n) is 1.89. The van der Waals surface area contributed by atoms with E-state index in [0.717, 1.165) is 18.7 Å². The maximum absolute atomic E-state index is 5.93. The number of nitrogens with two attached hydrogens (primary N) is 1. The van der Waals surface area contributed by atoms with Crippen molar-refractivity contribution in [2.45, 2.75) is 25.3 Å². The van der Waals surface area contributed by atoms with Gasteiger partial charge in [0, 0.05) is 19.6 Å². The fourth-order valence-corrected chi connectivity index (χ4v) is 1.89. The van der Waals surface area contributed by atoms with Crippen LogP contribution in [0.4, 0.5) is 0 Å². The van der Waals surface area contributed by atoms with Crippen molar-refractivity contribution in [3.05, 3.63) is 29.8 Å². The number of halogens is 1. The third-order valence-electron chi connectivity index (χ3n) is 3.26. The van der Waals surface area contributed by atoms with Gasteiger partial charge in [-0.2, -0.15) is 0 Å². The lowest BCUT2D eigenvalue weighted by Crippen LogP contribution is -2.35. The minimum atomic E-state index is 0. The maximum atomic E-state index is 5.93. The van der Waals surface area contributed by atoms with Crippen LogP contribution in [0.2, 0.25) is 0 Å². The molecule has 1 aromatic carbocycles. The highest BCUT2D eigenvalue weighted by molar-refractivity contribution is 14.0. The van der Waals surface area contributed by atoms with Gasteiger partial charge in [-0.3, -0.25) is 4.99 Å². The summed E-state index contributed by atoms with van der Waals surface area (Å²) in [6, 6.07) is 8.68. The van der Waals surface area contributed by atoms with Gasteiger partial charge in [0.15, 0.2) is 5.96 Å². The molecule has 1 aliphatic rings. The summed E-state index contributed by atoms with van der Waals surface area (Å²) in [5.74, 6) is 1.54. The van der Waals surface area contributed by atoms with Crippen molar-refractivity contribution in [3.63, 3.8) is 0 Å². The van der Waals surface area contributed by atoms with Gasteiger partial charge in [-0.25, -0.2) is 0 Å². The fraction of sp³-hybridized carbons (Fsp3) is 0.500. The van der Waals surface area contributed by atoms with E-state index < -0.39 is 0 Å². The first-order chi connectivity index (χ1) is 8.70. The van der Waals surface area contributed by atoms with E-state index in [4.69, 9.17) is 10.5 Å². The lowest BCUT2D eigenvalue weighted by Gasteiger charge is -2.16. The summed E-state index contributed by atoms with van der Waals surface area (Å²) < 4.78 is 5.19. The van der Waals surface area contributed by atoms with Crippen LogP contribution in [0.5, 0.6) is 5.75 Å². The van der Waals surface area contributed by atoms with Crippen LogP contribution in [-0.2, 0) is 6.42 Å². The summed E-state index contributed by atoms with van der Waals surface area (Å²) in [6.45, 7) is 0.718. The zero-order chi connectivity index (χ0) is 13.0. The molecule has 1 fully saturated rings. The molecule has 19 heavy (non-hydrogen) atoms. The number of methoxy groups -OCH3 is 1. The van der Waals surface area contributed by atoms with Crippen molar-refractivity contribution in [1.82, 2.24) is 4.90 Å². The molecule has 0 amide bonds. The molecule has 0 saturated heterocycles. The molecule has 4 nitrogen and oxygen atoms in total. The average molecular weight is 375 g/mol. The summed E-state index contributed by atoms with van der Waals surface area (Å²) in [6.07, 6.45) is 3.36. The van der Waals surface area contributed by atoms with Crippen LogP contribution >= 0.6 is 24.0 Å². The number of rotatable bonds is 5. The molecule has 0 atom stereocenters. The van der Waals surface area contributed by atoms with Crippen molar-refractivity contribution in [1.29, 1.82) is 0 Å². The van der Waals surface area contributed by atoms with E-state index in [1.54, 1.807) is 7.11 Å². The highest BCUT2D eigenvalue weighted by Crippen LogP contribution is 2.24. The van der Waals surface area contributed by atoms with E-state index in [9.17, 15) is 0 Å². The van der Waals surface area contributed by atoms with Crippen LogP contribution < -0.4 is 10.5 Å². The van der Waals surface area contributed by atoms with E-state index in [1.807, 2.05) is 25.2 Å². The first kappa shape index (κ1) is 16.1. The van der Waals surface area contributed by atoms with Gasteiger partial charge in [-0.1, -0.05) is 12.1 Å². The van der Waals surface area contributed by atoms with E-state index in [2.05, 4.69) is 16.0 Å². The summed E-state index contributed by atoms with van der Waals surface area (Å²) in [7, 11) is 3.70. The predicted octanol–water partition coefficient (Wildman–Crippen LogP) is 2.26. The van der Waals surface area contributed by atoms with E-state index in [-0.39, 0.29) is 24.0 Å². The molecule has 2 N–H and O–H groups in total. The van der Waals surface area contributed by atoms with Gasteiger partial charge < -0.3 is 15.4 Å². The van der Waals surface area contributed by atoms with Gasteiger partial charge >= 0.3 is 0 Å². The zero-order valence-electron chi connectivity index (χ0n) is 11.5. The number of benzene rings is 1. The zero-order valence-corrected chi connectivity index (χ0v) is 13.8. The van der Waals surface area contributed by atoms with Gasteiger partial charge in [0.1, 0.15) is 5.75 Å². The van der Waals surface area contributed by atoms with E-state index in [1.165, 1.54) is 18.4 Å². The van der Waals surface area contributed by atoms with Crippen LogP contribution in [-0.4, -0.2) is 37.6 Å². The van der Waals surface area contributed by atoms with Gasteiger partial charge in [-0.05, 0) is 37.0 Å². The second-order valence-electron chi connectivity index (χ2n) is 4.68. The molecule has 0 spiro atoms. The quantitative estimate of drug-likeness (QED) is 0.488. The summed E-state index contributed by atoms with van der Waals surface area (Å²) in [5.41, 5.74) is 7.15. The van der Waals surface area contributed by atoms with Gasteiger partial charge in [0.2, 0.25) is 0 Å². The average Bonchev–Trinajstić information content (AvgIpc) is 3.22. The highest BCUT2D eigenvalue weighted by Gasteiger charge is 2.27. The van der Waals surface area contributed by atoms with E-state index in [0.29, 0.717) is 12.0 Å². The Hall–Kier alpha value is -0.980. The molecule has 2 rings (SSSR count). The van der Waals surface area contributed by atoms with Gasteiger partial charge in [-0.15, -0.1) is 24.0 Å². The van der Waals surface area contributed by atoms with Crippen LogP contribution in [0.1, 0.15) is 18.4 Å². The molecule has 0 bridgehead atoms. The Balaban J connectivity index is 0.00000180. The predicted molar refractivity (Wildman–Crippen MR) is 89.4 cm³/mol. The first-order valence-corrected chi connectivity index (χ1v) is 6.36. The summed E-state index contributed by atoms with van der Waals surface area (Å²) in [4.78, 5) is 6.49. The van der Waals surface area contributed by atoms with E-state index >= 15 is 0 Å². The second kappa shape index (κ2) is 7.57. The second-order valence-corrected chi connectivity index (χ2v) is 4.68. The van der Waals surface area contributed by atoms with Crippen LogP contribution in [0.25, 0.3) is 0 Å². The molecular formula is C14H22IN3O. The number of hydrogen-bond acceptors (Lipinski definition) is 2. The number of ether oxygens (including phenoxy) is 1. The Labute approximate surface area is 132 Å². The molecule has 0 aromatic heterocycles. The molecule has 5 heteroatoms. The lowest BCUT2D eigenvalue weighted by atomic mass is 10.1. The smallest absolute Gasteiger partial charge is 0.191 e. The monoisotopic (exact) mass is 375 g/mol. The molecular weight excluding hydrogens is 353 g/mol. The highest BCUT2D eigenvalue weighted by atomic mass is 127. The number of hydrogen-bond donors (Lipinski definition) is 1. The standard InChI is InChI=1S/C14H21N3O.HI/c1-17(12-6-7-12)14(15)16-9-8-11-4-3-5-13(10-11)18-2;/h3-5,10,12H,6-9H2,1-2H3,(H2,15,16);1H. The topological polar surface area (TPSA) is 50.9 Å². The molecule has 0 aliphatic heterocycles. The molecule has 1 aliphatic carbocycles. The van der Waals surface area contributed by atoms with Gasteiger partial charge in [0.05, 0.1) is 7.11 Å². The maximum Gasteiger partial charge on any atom is 0.191 e.